The van der Waals surface area contributed by atoms with Crippen molar-refractivity contribution in [1.82, 2.24) is 9.62 Å². The lowest BCUT2D eigenvalue weighted by Gasteiger charge is -2.49. The van der Waals surface area contributed by atoms with Crippen LogP contribution < -0.4 is 4.72 Å². The van der Waals surface area contributed by atoms with Crippen LogP contribution in [-0.2, 0) is 33.2 Å². The first-order valence-corrected chi connectivity index (χ1v) is 13.3. The maximum absolute atomic E-state index is 11.7. The third kappa shape index (κ3) is 4.06. The summed E-state index contributed by atoms with van der Waals surface area (Å²) in [6.45, 7) is 9.27. The molecule has 1 aromatic heterocycles. The van der Waals surface area contributed by atoms with E-state index in [1.165, 1.54) is 10.4 Å². The smallest absolute Gasteiger partial charge is 0.211 e. The molecule has 1 N–H and O–H groups in total. The molecule has 2 atom stereocenters. The highest BCUT2D eigenvalue weighted by Crippen LogP contribution is 2.46. The van der Waals surface area contributed by atoms with Gasteiger partial charge in [-0.3, -0.25) is 0 Å². The SMILES string of the molecule is CCc1cc2c(s1)CCO[C@@]21CCN(CC2CC(NS(=O)(=O)CC)C2)[C@@H](C)C1. The number of hydrogen-bond donors (Lipinski definition) is 1. The van der Waals surface area contributed by atoms with Crippen LogP contribution in [0.25, 0.3) is 0 Å². The van der Waals surface area contributed by atoms with Gasteiger partial charge in [-0.1, -0.05) is 6.92 Å². The Balaban J connectivity index is 1.34. The molecule has 1 saturated heterocycles. The van der Waals surface area contributed by atoms with Gasteiger partial charge < -0.3 is 9.64 Å². The van der Waals surface area contributed by atoms with Crippen LogP contribution in [0.3, 0.4) is 0 Å². The molecule has 0 bridgehead atoms. The maximum Gasteiger partial charge on any atom is 0.211 e. The number of rotatable bonds is 6. The van der Waals surface area contributed by atoms with Gasteiger partial charge in [0.25, 0.3) is 0 Å². The van der Waals surface area contributed by atoms with Gasteiger partial charge in [0.1, 0.15) is 0 Å². The Morgan fingerprint density at radius 3 is 2.82 bits per heavy atom. The predicted octanol–water partition coefficient (Wildman–Crippen LogP) is 3.28. The molecule has 1 spiro atoms. The number of fused-ring (bicyclic) bond motifs is 2. The van der Waals surface area contributed by atoms with E-state index < -0.39 is 10.0 Å². The molecule has 3 heterocycles. The van der Waals surface area contributed by atoms with E-state index in [1.54, 1.807) is 11.8 Å². The molecule has 1 aromatic rings. The van der Waals surface area contributed by atoms with E-state index in [0.29, 0.717) is 12.0 Å². The van der Waals surface area contributed by atoms with Crippen molar-refractivity contribution in [3.63, 3.8) is 0 Å². The lowest BCUT2D eigenvalue weighted by molar-refractivity contribution is -0.114. The fraction of sp³-hybridized carbons (Fsp3) is 0.810. The first-order chi connectivity index (χ1) is 13.3. The molecule has 158 valence electrons. The van der Waals surface area contributed by atoms with Crippen LogP contribution >= 0.6 is 11.3 Å². The van der Waals surface area contributed by atoms with Crippen molar-refractivity contribution in [3.05, 3.63) is 21.4 Å². The molecule has 0 amide bonds. The van der Waals surface area contributed by atoms with Crippen molar-refractivity contribution in [2.45, 2.75) is 77.0 Å². The van der Waals surface area contributed by atoms with Crippen LogP contribution in [0.4, 0.5) is 0 Å². The molecule has 1 aliphatic carbocycles. The van der Waals surface area contributed by atoms with Crippen LogP contribution in [0.2, 0.25) is 0 Å². The molecule has 0 radical (unpaired) electrons. The zero-order chi connectivity index (χ0) is 19.9. The molecule has 5 nitrogen and oxygen atoms in total. The fourth-order valence-corrected chi connectivity index (χ4v) is 7.24. The van der Waals surface area contributed by atoms with Crippen molar-refractivity contribution < 1.29 is 13.2 Å². The summed E-state index contributed by atoms with van der Waals surface area (Å²) in [5.41, 5.74) is 1.40. The third-order valence-electron chi connectivity index (χ3n) is 6.91. The third-order valence-corrected chi connectivity index (χ3v) is 9.70. The molecule has 7 heteroatoms. The lowest BCUT2D eigenvalue weighted by atomic mass is 9.77. The summed E-state index contributed by atoms with van der Waals surface area (Å²) in [6, 6.07) is 3.05. The number of aryl methyl sites for hydroxylation is 1. The minimum absolute atomic E-state index is 0.0771. The second-order valence-corrected chi connectivity index (χ2v) is 12.1. The van der Waals surface area contributed by atoms with E-state index in [4.69, 9.17) is 4.74 Å². The molecule has 2 fully saturated rings. The second kappa shape index (κ2) is 7.99. The summed E-state index contributed by atoms with van der Waals surface area (Å²) in [4.78, 5) is 5.64. The number of piperidine rings is 1. The van der Waals surface area contributed by atoms with Crippen LogP contribution in [0, 0.1) is 5.92 Å². The van der Waals surface area contributed by atoms with Gasteiger partial charge in [0.2, 0.25) is 10.0 Å². The average molecular weight is 427 g/mol. The van der Waals surface area contributed by atoms with Crippen molar-refractivity contribution in [3.8, 4) is 0 Å². The Labute approximate surface area is 173 Å². The number of thiophene rings is 1. The molecule has 1 saturated carbocycles. The van der Waals surface area contributed by atoms with E-state index in [1.807, 2.05) is 11.3 Å². The summed E-state index contributed by atoms with van der Waals surface area (Å²) in [5.74, 6) is 0.778. The second-order valence-electron chi connectivity index (χ2n) is 8.85. The van der Waals surface area contributed by atoms with Gasteiger partial charge in [0.05, 0.1) is 18.0 Å². The van der Waals surface area contributed by atoms with Crippen molar-refractivity contribution in [2.75, 3.05) is 25.4 Å². The Hall–Kier alpha value is -0.470. The van der Waals surface area contributed by atoms with Gasteiger partial charge in [0.15, 0.2) is 0 Å². The molecular weight excluding hydrogens is 392 g/mol. The molecule has 0 unspecified atom stereocenters. The largest absolute Gasteiger partial charge is 0.370 e. The van der Waals surface area contributed by atoms with Crippen LogP contribution in [0.15, 0.2) is 6.07 Å². The number of ether oxygens (including phenoxy) is 1. The van der Waals surface area contributed by atoms with Crippen LogP contribution in [0.5, 0.6) is 0 Å². The summed E-state index contributed by atoms with van der Waals surface area (Å²) >= 11 is 1.99. The first-order valence-electron chi connectivity index (χ1n) is 10.8. The van der Waals surface area contributed by atoms with Gasteiger partial charge in [0, 0.05) is 41.3 Å². The van der Waals surface area contributed by atoms with Gasteiger partial charge in [-0.05, 0) is 63.5 Å². The van der Waals surface area contributed by atoms with E-state index in [2.05, 4.69) is 29.5 Å². The summed E-state index contributed by atoms with van der Waals surface area (Å²) in [6.07, 6.45) is 6.26. The Morgan fingerprint density at radius 1 is 1.36 bits per heavy atom. The average Bonchev–Trinajstić information content (AvgIpc) is 3.07. The quantitative estimate of drug-likeness (QED) is 0.758. The predicted molar refractivity (Wildman–Crippen MR) is 114 cm³/mol. The van der Waals surface area contributed by atoms with Crippen molar-refractivity contribution in [2.24, 2.45) is 5.92 Å². The van der Waals surface area contributed by atoms with Gasteiger partial charge in [-0.2, -0.15) is 0 Å². The van der Waals surface area contributed by atoms with E-state index in [-0.39, 0.29) is 17.4 Å². The maximum atomic E-state index is 11.7. The van der Waals surface area contributed by atoms with Gasteiger partial charge in [-0.15, -0.1) is 11.3 Å². The van der Waals surface area contributed by atoms with E-state index in [9.17, 15) is 8.42 Å². The molecule has 2 aliphatic heterocycles. The minimum atomic E-state index is -3.07. The summed E-state index contributed by atoms with van der Waals surface area (Å²) in [7, 11) is -3.07. The van der Waals surface area contributed by atoms with Crippen LogP contribution in [0.1, 0.15) is 61.8 Å². The Bertz CT molecular complexity index is 801. The number of nitrogens with zero attached hydrogens (tertiary/aromatic N) is 1. The first kappa shape index (κ1) is 20.8. The molecule has 3 aliphatic rings. The van der Waals surface area contributed by atoms with Crippen molar-refractivity contribution >= 4 is 21.4 Å². The van der Waals surface area contributed by atoms with Crippen molar-refractivity contribution in [1.29, 1.82) is 0 Å². The van der Waals surface area contributed by atoms with E-state index in [0.717, 1.165) is 58.2 Å². The number of sulfonamides is 1. The highest BCUT2D eigenvalue weighted by atomic mass is 32.2. The lowest BCUT2D eigenvalue weighted by Crippen LogP contribution is -2.54. The molecule has 4 rings (SSSR count). The normalized spacial score (nSPS) is 33.6. The summed E-state index contributed by atoms with van der Waals surface area (Å²) in [5, 5.41) is 0. The standard InChI is InChI=1S/C21H34N2O3S2/c1-4-18-12-19-20(27-18)6-9-26-21(19)7-8-23(15(3)13-21)14-16-10-17(11-16)22-28(24,25)5-2/h12,15-17,22H,4-11,13-14H2,1-3H3/t15-,16?,17?,21+/m0/s1. The monoisotopic (exact) mass is 426 g/mol. The molecule has 0 aromatic carbocycles. The zero-order valence-corrected chi connectivity index (χ0v) is 19.0. The zero-order valence-electron chi connectivity index (χ0n) is 17.4. The number of hydrogen-bond acceptors (Lipinski definition) is 5. The summed E-state index contributed by atoms with van der Waals surface area (Å²) < 4.78 is 32.7. The topological polar surface area (TPSA) is 58.6 Å². The van der Waals surface area contributed by atoms with Gasteiger partial charge in [-0.25, -0.2) is 13.1 Å². The molecular formula is C21H34N2O3S2. The van der Waals surface area contributed by atoms with Gasteiger partial charge >= 0.3 is 0 Å². The number of likely N-dealkylation sites (tertiary alicyclic amines) is 1. The molecule has 28 heavy (non-hydrogen) atoms. The highest BCUT2D eigenvalue weighted by molar-refractivity contribution is 7.89. The highest BCUT2D eigenvalue weighted by Gasteiger charge is 2.45. The van der Waals surface area contributed by atoms with E-state index >= 15 is 0 Å². The Morgan fingerprint density at radius 2 is 2.14 bits per heavy atom. The van der Waals surface area contributed by atoms with Crippen LogP contribution in [-0.4, -0.2) is 50.9 Å². The minimum Gasteiger partial charge on any atom is -0.370 e. The fourth-order valence-electron chi connectivity index (χ4n) is 5.20. The Kier molecular flexibility index (Phi) is 5.93. The number of nitrogens with one attached hydrogen (secondary N) is 1.